The second kappa shape index (κ2) is 8.68. The third kappa shape index (κ3) is 4.49. The Morgan fingerprint density at radius 2 is 1.97 bits per heavy atom. The number of fused-ring (bicyclic) bond motifs is 1. The molecule has 1 saturated carbocycles. The van der Waals surface area contributed by atoms with Crippen LogP contribution < -0.4 is 6.15 Å². The number of aliphatic hydroxyl groups excluding tert-OH is 2. The fraction of sp³-hybridized carbons (Fsp3) is 0.750. The number of rotatable bonds is 5. The molecule has 30 heavy (non-hydrogen) atoms. The van der Waals surface area contributed by atoms with Crippen LogP contribution in [-0.2, 0) is 24.1 Å². The summed E-state index contributed by atoms with van der Waals surface area (Å²) < 4.78 is 42.6. The zero-order chi connectivity index (χ0) is 21.6. The monoisotopic (exact) mass is 447 g/mol. The summed E-state index contributed by atoms with van der Waals surface area (Å²) in [5, 5.41) is 20.7. The van der Waals surface area contributed by atoms with Crippen LogP contribution in [0.4, 0.5) is 0 Å². The Bertz CT molecular complexity index is 851. The lowest BCUT2D eigenvalue weighted by atomic mass is 9.48. The first-order valence-electron chi connectivity index (χ1n) is 9.91. The largest absolute Gasteiger partial charge is 0.726 e. The summed E-state index contributed by atoms with van der Waals surface area (Å²) in [5.41, 5.74) is 1.33. The van der Waals surface area contributed by atoms with Crippen molar-refractivity contribution in [1.82, 2.24) is 6.15 Å². The van der Waals surface area contributed by atoms with Gasteiger partial charge in [0.1, 0.15) is 12.7 Å². The molecule has 0 bridgehead atoms. The highest BCUT2D eigenvalue weighted by molar-refractivity contribution is 7.80. The fourth-order valence-corrected chi connectivity index (χ4v) is 6.01. The van der Waals surface area contributed by atoms with E-state index in [1.54, 1.807) is 13.0 Å². The van der Waals surface area contributed by atoms with Crippen LogP contribution in [0.1, 0.15) is 52.9 Å². The van der Waals surface area contributed by atoms with Gasteiger partial charge in [-0.1, -0.05) is 31.1 Å². The highest BCUT2D eigenvalue weighted by Gasteiger charge is 2.56. The van der Waals surface area contributed by atoms with Crippen LogP contribution in [0, 0.1) is 16.7 Å². The van der Waals surface area contributed by atoms with Gasteiger partial charge in [0, 0.05) is 5.41 Å². The zero-order valence-electron chi connectivity index (χ0n) is 18.0. The van der Waals surface area contributed by atoms with E-state index >= 15 is 0 Å². The first-order chi connectivity index (χ1) is 13.4. The third-order valence-electron chi connectivity index (χ3n) is 7.28. The van der Waals surface area contributed by atoms with Crippen LogP contribution in [0.25, 0.3) is 0 Å². The average molecular weight is 448 g/mol. The maximum atomic E-state index is 11.8. The Labute approximate surface area is 177 Å². The van der Waals surface area contributed by atoms with Gasteiger partial charge in [0.15, 0.2) is 0 Å². The number of hydrogen-bond donors (Lipinski definition) is 3. The minimum Gasteiger partial charge on any atom is -0.726 e. The van der Waals surface area contributed by atoms with Gasteiger partial charge in [-0.15, -0.1) is 0 Å². The molecule has 0 aromatic rings. The van der Waals surface area contributed by atoms with Gasteiger partial charge in [0.05, 0.1) is 18.3 Å². The number of aliphatic hydroxyl groups is 2. The first kappa shape index (κ1) is 25.0. The molecule has 3 aliphatic rings. The molecule has 6 N–H and O–H groups in total. The van der Waals surface area contributed by atoms with Gasteiger partial charge in [-0.25, -0.2) is 13.2 Å². The lowest BCUT2D eigenvalue weighted by molar-refractivity contribution is -0.135. The summed E-state index contributed by atoms with van der Waals surface area (Å²) >= 11 is 0. The molecular weight excluding hydrogens is 414 g/mol. The standard InChI is InChI=1S/C20H30O8S.H3N/c1-12-4-7-16-19(2,14(12)6-5-13-15(21)10-27-18(13)23)9-8-17(22)20(16,3)11-28-29(24,25)26;/h5,15-17,21-22H,4,6-11H2,1-3H3,(H,24,25,26);1H3/b13-5+;/t15-,16?,17-,19+,20+;/m1./s1. The molecular formula is C20H33NO8S. The van der Waals surface area contributed by atoms with Gasteiger partial charge in [-0.2, -0.15) is 0 Å². The molecule has 0 aromatic heterocycles. The van der Waals surface area contributed by atoms with Crippen molar-refractivity contribution in [3.63, 3.8) is 0 Å². The number of allylic oxidation sites excluding steroid dienone is 3. The van der Waals surface area contributed by atoms with Crippen LogP contribution in [0.2, 0.25) is 0 Å². The minimum atomic E-state index is -4.86. The average Bonchev–Trinajstić information content (AvgIpc) is 2.94. The molecule has 0 aromatic carbocycles. The van der Waals surface area contributed by atoms with E-state index in [1.807, 2.05) is 6.92 Å². The maximum Gasteiger partial charge on any atom is 0.336 e. The second-order valence-corrected chi connectivity index (χ2v) is 10.0. The van der Waals surface area contributed by atoms with Crippen molar-refractivity contribution in [2.75, 3.05) is 13.2 Å². The van der Waals surface area contributed by atoms with Gasteiger partial charge in [0.25, 0.3) is 0 Å². The molecule has 5 atom stereocenters. The van der Waals surface area contributed by atoms with Crippen LogP contribution in [-0.4, -0.2) is 54.6 Å². The molecule has 2 aliphatic carbocycles. The molecule has 3 rings (SSSR count). The molecule has 0 amide bonds. The molecule has 9 nitrogen and oxygen atoms in total. The number of cyclic esters (lactones) is 1. The van der Waals surface area contributed by atoms with Gasteiger partial charge in [-0.05, 0) is 50.4 Å². The summed E-state index contributed by atoms with van der Waals surface area (Å²) in [6, 6.07) is 0. The van der Waals surface area contributed by atoms with E-state index in [0.29, 0.717) is 19.3 Å². The Morgan fingerprint density at radius 3 is 2.53 bits per heavy atom. The lowest BCUT2D eigenvalue weighted by Crippen LogP contribution is -2.55. The second-order valence-electron chi connectivity index (χ2n) is 8.98. The van der Waals surface area contributed by atoms with Crippen LogP contribution in [0.15, 0.2) is 22.8 Å². The van der Waals surface area contributed by atoms with Crippen molar-refractivity contribution in [1.29, 1.82) is 0 Å². The molecule has 1 aliphatic heterocycles. The molecule has 2 fully saturated rings. The fourth-order valence-electron chi connectivity index (χ4n) is 5.61. The summed E-state index contributed by atoms with van der Waals surface area (Å²) in [5.74, 6) is -0.607. The number of ether oxygens (including phenoxy) is 1. The van der Waals surface area contributed by atoms with Gasteiger partial charge >= 0.3 is 5.97 Å². The molecule has 1 saturated heterocycles. The summed E-state index contributed by atoms with van der Waals surface area (Å²) in [7, 11) is -4.86. The van der Waals surface area contributed by atoms with Crippen molar-refractivity contribution < 1.29 is 36.9 Å². The SMILES string of the molecule is CC1=C(C/C=C2/C(=O)OC[C@H]2O)[C@]2(C)CC[C@@H](O)[C@@](C)(COS(=O)(=O)[O-])C2CC1.[NH4+]. The molecule has 0 spiro atoms. The predicted octanol–water partition coefficient (Wildman–Crippen LogP) is 1.97. The third-order valence-corrected chi connectivity index (χ3v) is 7.69. The van der Waals surface area contributed by atoms with E-state index in [4.69, 9.17) is 4.74 Å². The first-order valence-corrected chi connectivity index (χ1v) is 11.2. The maximum absolute atomic E-state index is 11.8. The predicted molar refractivity (Wildman–Crippen MR) is 108 cm³/mol. The van der Waals surface area contributed by atoms with Crippen molar-refractivity contribution in [3.8, 4) is 0 Å². The number of carbonyl (C=O) groups excluding carboxylic acids is 1. The smallest absolute Gasteiger partial charge is 0.336 e. The molecule has 1 unspecified atom stereocenters. The van der Waals surface area contributed by atoms with E-state index in [2.05, 4.69) is 11.1 Å². The van der Waals surface area contributed by atoms with E-state index in [-0.39, 0.29) is 36.3 Å². The zero-order valence-corrected chi connectivity index (χ0v) is 18.8. The highest BCUT2D eigenvalue weighted by atomic mass is 32.3. The molecule has 0 radical (unpaired) electrons. The minimum absolute atomic E-state index is 0. The van der Waals surface area contributed by atoms with E-state index in [9.17, 15) is 28.0 Å². The normalized spacial score (nSPS) is 38.3. The van der Waals surface area contributed by atoms with Crippen molar-refractivity contribution >= 4 is 16.4 Å². The Kier molecular flexibility index (Phi) is 7.22. The summed E-state index contributed by atoms with van der Waals surface area (Å²) in [4.78, 5) is 11.8. The molecule has 10 heteroatoms. The van der Waals surface area contributed by atoms with Gasteiger partial charge in [0.2, 0.25) is 10.4 Å². The van der Waals surface area contributed by atoms with Gasteiger partial charge < -0.3 is 25.7 Å². The van der Waals surface area contributed by atoms with E-state index < -0.39 is 34.0 Å². The van der Waals surface area contributed by atoms with Crippen molar-refractivity contribution in [2.45, 2.75) is 65.1 Å². The summed E-state index contributed by atoms with van der Waals surface area (Å²) in [6.07, 6.45) is 3.11. The van der Waals surface area contributed by atoms with Crippen LogP contribution in [0.5, 0.6) is 0 Å². The number of hydrogen-bond acceptors (Lipinski definition) is 8. The van der Waals surface area contributed by atoms with Crippen molar-refractivity contribution in [2.24, 2.45) is 16.7 Å². The summed E-state index contributed by atoms with van der Waals surface area (Å²) in [6.45, 7) is 5.51. The Hall–Kier alpha value is -1.30. The quantitative estimate of drug-likeness (QED) is 0.189. The Morgan fingerprint density at radius 1 is 1.30 bits per heavy atom. The number of quaternary nitrogens is 1. The Balaban J connectivity index is 0.00000320. The van der Waals surface area contributed by atoms with E-state index in [0.717, 1.165) is 18.4 Å². The molecule has 1 heterocycles. The van der Waals surface area contributed by atoms with Crippen LogP contribution >= 0.6 is 0 Å². The van der Waals surface area contributed by atoms with Crippen LogP contribution in [0.3, 0.4) is 0 Å². The lowest BCUT2D eigenvalue weighted by Gasteiger charge is -2.57. The highest BCUT2D eigenvalue weighted by Crippen LogP contribution is 2.60. The van der Waals surface area contributed by atoms with Crippen molar-refractivity contribution in [3.05, 3.63) is 22.8 Å². The number of carbonyl (C=O) groups is 1. The molecule has 172 valence electrons. The van der Waals surface area contributed by atoms with Gasteiger partial charge in [-0.3, -0.25) is 4.18 Å². The topological polar surface area (TPSA) is 170 Å². The number of esters is 1. The van der Waals surface area contributed by atoms with E-state index in [1.165, 1.54) is 5.57 Å².